The van der Waals surface area contributed by atoms with Gasteiger partial charge in [0.05, 0.1) is 0 Å². The summed E-state index contributed by atoms with van der Waals surface area (Å²) in [7, 11) is 1.82. The Kier molecular flexibility index (Phi) is 6.49. The molecule has 7 heteroatoms. The molecule has 1 aliphatic rings. The van der Waals surface area contributed by atoms with Crippen LogP contribution in [0.1, 0.15) is 24.2 Å². The topological polar surface area (TPSA) is 79.4 Å². The summed E-state index contributed by atoms with van der Waals surface area (Å²) in [5, 5.41) is 7.47. The number of hydrogen-bond donors (Lipinski definition) is 1. The molecule has 4 rings (SSSR count). The molecule has 0 bridgehead atoms. The van der Waals surface area contributed by atoms with Crippen LogP contribution in [0.25, 0.3) is 17.7 Å². The Hall–Kier alpha value is -3.48. The Labute approximate surface area is 176 Å². The highest BCUT2D eigenvalue weighted by molar-refractivity contribution is 5.80. The molecule has 1 aromatic carbocycles. The molecule has 7 nitrogen and oxygen atoms in total. The van der Waals surface area contributed by atoms with Crippen molar-refractivity contribution in [3.8, 4) is 11.6 Å². The van der Waals surface area contributed by atoms with Gasteiger partial charge in [-0.1, -0.05) is 53.2 Å². The summed E-state index contributed by atoms with van der Waals surface area (Å²) >= 11 is 0. The number of aliphatic imine (C=N–C) groups is 1. The third-order valence-electron chi connectivity index (χ3n) is 5.07. The quantitative estimate of drug-likeness (QED) is 0.520. The zero-order chi connectivity index (χ0) is 20.6. The van der Waals surface area contributed by atoms with Crippen LogP contribution in [0.4, 0.5) is 0 Å². The largest absolute Gasteiger partial charge is 0.356 e. The molecular weight excluding hydrogens is 376 g/mol. The molecule has 0 atom stereocenters. The maximum atomic E-state index is 5.31. The summed E-state index contributed by atoms with van der Waals surface area (Å²) < 4.78 is 5.31. The molecule has 0 saturated carbocycles. The summed E-state index contributed by atoms with van der Waals surface area (Å²) in [5.74, 6) is 2.02. The summed E-state index contributed by atoms with van der Waals surface area (Å²) in [6.07, 6.45) is 6.77. The minimum absolute atomic E-state index is 0.448. The summed E-state index contributed by atoms with van der Waals surface area (Å²) in [6, 6.07) is 16.1. The van der Waals surface area contributed by atoms with Gasteiger partial charge < -0.3 is 14.7 Å². The van der Waals surface area contributed by atoms with E-state index < -0.39 is 0 Å². The van der Waals surface area contributed by atoms with Crippen molar-refractivity contribution in [2.75, 3.05) is 26.7 Å². The fourth-order valence-corrected chi connectivity index (χ4v) is 3.50. The first kappa shape index (κ1) is 19.8. The second-order valence-electron chi connectivity index (χ2n) is 7.16. The minimum atomic E-state index is 0.448. The molecule has 1 saturated heterocycles. The molecule has 1 fully saturated rings. The second kappa shape index (κ2) is 9.82. The maximum Gasteiger partial charge on any atom is 0.276 e. The van der Waals surface area contributed by atoms with Crippen LogP contribution in [0.3, 0.4) is 0 Å². The van der Waals surface area contributed by atoms with Gasteiger partial charge in [0.25, 0.3) is 5.89 Å². The standard InChI is InChI=1S/C23H26N6O/c1-24-23(29-15-11-19(12-16-29)17-18-7-3-2-4-8-18)26-14-10-21-27-22(30-28-21)20-9-5-6-13-25-20/h2-9,13,17H,10-12,14-16H2,1H3,(H,24,26). The van der Waals surface area contributed by atoms with Crippen LogP contribution in [0.15, 0.2) is 69.8 Å². The molecule has 3 heterocycles. The van der Waals surface area contributed by atoms with Crippen molar-refractivity contribution in [2.45, 2.75) is 19.3 Å². The first-order valence-corrected chi connectivity index (χ1v) is 10.3. The van der Waals surface area contributed by atoms with Crippen LogP contribution in [0, 0.1) is 0 Å². The van der Waals surface area contributed by atoms with Crippen LogP contribution in [0.5, 0.6) is 0 Å². The van der Waals surface area contributed by atoms with Gasteiger partial charge in [-0.15, -0.1) is 0 Å². The van der Waals surface area contributed by atoms with Crippen molar-refractivity contribution in [3.63, 3.8) is 0 Å². The number of nitrogens with one attached hydrogen (secondary N) is 1. The highest BCUT2D eigenvalue weighted by Gasteiger charge is 2.17. The first-order chi connectivity index (χ1) is 14.8. The van der Waals surface area contributed by atoms with Crippen LogP contribution in [0.2, 0.25) is 0 Å². The van der Waals surface area contributed by atoms with Crippen molar-refractivity contribution >= 4 is 12.0 Å². The highest BCUT2D eigenvalue weighted by Crippen LogP contribution is 2.19. The van der Waals surface area contributed by atoms with Crippen molar-refractivity contribution in [1.29, 1.82) is 0 Å². The minimum Gasteiger partial charge on any atom is -0.356 e. The van der Waals surface area contributed by atoms with Gasteiger partial charge in [-0.05, 0) is 30.5 Å². The van der Waals surface area contributed by atoms with E-state index in [0.29, 0.717) is 30.4 Å². The molecule has 1 aliphatic heterocycles. The van der Waals surface area contributed by atoms with Gasteiger partial charge in [0.15, 0.2) is 11.8 Å². The fraction of sp³-hybridized carbons (Fsp3) is 0.304. The molecule has 0 unspecified atom stereocenters. The van der Waals surface area contributed by atoms with Crippen LogP contribution < -0.4 is 5.32 Å². The smallest absolute Gasteiger partial charge is 0.276 e. The zero-order valence-electron chi connectivity index (χ0n) is 17.2. The van der Waals surface area contributed by atoms with E-state index in [0.717, 1.165) is 31.9 Å². The molecule has 2 aromatic heterocycles. The van der Waals surface area contributed by atoms with E-state index in [2.05, 4.69) is 60.7 Å². The molecule has 0 radical (unpaired) electrons. The van der Waals surface area contributed by atoms with E-state index in [1.54, 1.807) is 6.20 Å². The predicted octanol–water partition coefficient (Wildman–Crippen LogP) is 3.43. The lowest BCUT2D eigenvalue weighted by molar-refractivity contribution is 0.375. The van der Waals surface area contributed by atoms with Crippen molar-refractivity contribution in [1.82, 2.24) is 25.3 Å². The number of pyridine rings is 1. The molecule has 0 spiro atoms. The number of nitrogens with zero attached hydrogens (tertiary/aromatic N) is 5. The van der Waals surface area contributed by atoms with Crippen LogP contribution >= 0.6 is 0 Å². The number of benzene rings is 1. The zero-order valence-corrected chi connectivity index (χ0v) is 17.2. The predicted molar refractivity (Wildman–Crippen MR) is 118 cm³/mol. The molecule has 0 aliphatic carbocycles. The fourth-order valence-electron chi connectivity index (χ4n) is 3.50. The van der Waals surface area contributed by atoms with Crippen molar-refractivity contribution < 1.29 is 4.52 Å². The molecule has 30 heavy (non-hydrogen) atoms. The third-order valence-corrected chi connectivity index (χ3v) is 5.07. The number of hydrogen-bond acceptors (Lipinski definition) is 5. The summed E-state index contributed by atoms with van der Waals surface area (Å²) in [4.78, 5) is 15.4. The second-order valence-corrected chi connectivity index (χ2v) is 7.16. The van der Waals surface area contributed by atoms with Gasteiger partial charge in [0.1, 0.15) is 5.69 Å². The van der Waals surface area contributed by atoms with E-state index in [1.807, 2.05) is 31.3 Å². The Morgan fingerprint density at radius 3 is 2.67 bits per heavy atom. The van der Waals surface area contributed by atoms with E-state index >= 15 is 0 Å². The molecule has 0 amide bonds. The van der Waals surface area contributed by atoms with E-state index in [-0.39, 0.29) is 0 Å². The average Bonchev–Trinajstić information content (AvgIpc) is 3.28. The number of rotatable bonds is 5. The Morgan fingerprint density at radius 1 is 1.13 bits per heavy atom. The lowest BCUT2D eigenvalue weighted by atomic mass is 10.0. The Balaban J connectivity index is 1.26. The van der Waals surface area contributed by atoms with Crippen molar-refractivity contribution in [2.24, 2.45) is 4.99 Å². The summed E-state index contributed by atoms with van der Waals surface area (Å²) in [5.41, 5.74) is 3.45. The van der Waals surface area contributed by atoms with Gasteiger partial charge in [-0.2, -0.15) is 4.98 Å². The SMILES string of the molecule is CN=C(NCCc1noc(-c2ccccn2)n1)N1CCC(=Cc2ccccc2)CC1. The molecule has 3 aromatic rings. The number of piperidine rings is 1. The van der Waals surface area contributed by atoms with Gasteiger partial charge in [0, 0.05) is 39.3 Å². The summed E-state index contributed by atoms with van der Waals surface area (Å²) in [6.45, 7) is 2.62. The molecule has 1 N–H and O–H groups in total. The lowest BCUT2D eigenvalue weighted by Crippen LogP contribution is -2.45. The van der Waals surface area contributed by atoms with E-state index in [1.165, 1.54) is 11.1 Å². The van der Waals surface area contributed by atoms with Gasteiger partial charge >= 0.3 is 0 Å². The highest BCUT2D eigenvalue weighted by atomic mass is 16.5. The molecule has 154 valence electrons. The Bertz CT molecular complexity index is 987. The average molecular weight is 403 g/mol. The number of likely N-dealkylation sites (tertiary alicyclic amines) is 1. The van der Waals surface area contributed by atoms with Gasteiger partial charge in [-0.3, -0.25) is 9.98 Å². The van der Waals surface area contributed by atoms with Crippen LogP contribution in [-0.2, 0) is 6.42 Å². The Morgan fingerprint density at radius 2 is 1.93 bits per heavy atom. The van der Waals surface area contributed by atoms with Gasteiger partial charge in [-0.25, -0.2) is 0 Å². The van der Waals surface area contributed by atoms with E-state index in [9.17, 15) is 0 Å². The van der Waals surface area contributed by atoms with E-state index in [4.69, 9.17) is 4.52 Å². The normalized spacial score (nSPS) is 14.6. The molecular formula is C23H26N6O. The number of aromatic nitrogens is 3. The van der Waals surface area contributed by atoms with Gasteiger partial charge in [0.2, 0.25) is 0 Å². The number of guanidine groups is 1. The van der Waals surface area contributed by atoms with Crippen molar-refractivity contribution in [3.05, 3.63) is 71.7 Å². The van der Waals surface area contributed by atoms with Crippen LogP contribution in [-0.4, -0.2) is 52.7 Å². The maximum absolute atomic E-state index is 5.31. The third kappa shape index (κ3) is 5.11. The monoisotopic (exact) mass is 402 g/mol. The lowest BCUT2D eigenvalue weighted by Gasteiger charge is -2.31. The first-order valence-electron chi connectivity index (χ1n) is 10.3.